The third kappa shape index (κ3) is 8.08. The summed E-state index contributed by atoms with van der Waals surface area (Å²) in [4.78, 5) is 18.6. The molecule has 0 N–H and O–H groups in total. The second-order valence-corrected chi connectivity index (χ2v) is 10.2. The van der Waals surface area contributed by atoms with Crippen LogP contribution < -0.4 is 19.1 Å². The number of pyridine rings is 1. The van der Waals surface area contributed by atoms with Crippen LogP contribution >= 0.6 is 22.6 Å². The van der Waals surface area contributed by atoms with E-state index in [1.165, 1.54) is 18.9 Å². The molecule has 3 rings (SSSR count). The fourth-order valence-electron chi connectivity index (χ4n) is 3.10. The standard InChI is InChI=1S/C24H25IN2O7S/c1-17(28)27(22-5-4-12-26-24(22)34-20-8-6-19(25)7-9-20)16-18-15-21(31-2)10-11-23(18)32-13-14-33-35(3,29)30/h4-12,15H,13-14,16H2,1-3H3. The number of methoxy groups -OCH3 is 1. The van der Waals surface area contributed by atoms with Crippen LogP contribution in [0.25, 0.3) is 0 Å². The van der Waals surface area contributed by atoms with Gasteiger partial charge in [-0.25, -0.2) is 4.98 Å². The number of amides is 1. The molecule has 0 spiro atoms. The summed E-state index contributed by atoms with van der Waals surface area (Å²) >= 11 is 2.21. The number of anilines is 1. The normalized spacial score (nSPS) is 11.1. The highest BCUT2D eigenvalue weighted by Crippen LogP contribution is 2.33. The molecule has 0 aliphatic heterocycles. The van der Waals surface area contributed by atoms with Crippen LogP contribution in [0.3, 0.4) is 0 Å². The summed E-state index contributed by atoms with van der Waals surface area (Å²) in [5, 5.41) is 0. The summed E-state index contributed by atoms with van der Waals surface area (Å²) in [5.74, 6) is 1.66. The van der Waals surface area contributed by atoms with Crippen molar-refractivity contribution in [3.63, 3.8) is 0 Å². The van der Waals surface area contributed by atoms with E-state index in [4.69, 9.17) is 18.4 Å². The van der Waals surface area contributed by atoms with Gasteiger partial charge in [0.05, 0.1) is 19.9 Å². The lowest BCUT2D eigenvalue weighted by molar-refractivity contribution is -0.116. The Balaban J connectivity index is 1.88. The molecule has 186 valence electrons. The van der Waals surface area contributed by atoms with Gasteiger partial charge in [0, 0.05) is 22.3 Å². The number of carbonyl (C=O) groups excluding carboxylic acids is 1. The van der Waals surface area contributed by atoms with Crippen molar-refractivity contribution in [3.8, 4) is 23.1 Å². The molecule has 35 heavy (non-hydrogen) atoms. The molecule has 1 aromatic heterocycles. The Morgan fingerprint density at radius 1 is 1.06 bits per heavy atom. The Kier molecular flexibility index (Phi) is 9.29. The van der Waals surface area contributed by atoms with Crippen LogP contribution in [-0.4, -0.2) is 45.9 Å². The van der Waals surface area contributed by atoms with Gasteiger partial charge >= 0.3 is 0 Å². The molecule has 0 saturated heterocycles. The number of aromatic nitrogens is 1. The first-order valence-corrected chi connectivity index (χ1v) is 13.4. The van der Waals surface area contributed by atoms with Gasteiger partial charge in [-0.2, -0.15) is 8.42 Å². The number of ether oxygens (including phenoxy) is 3. The van der Waals surface area contributed by atoms with Crippen molar-refractivity contribution in [2.75, 3.05) is 31.5 Å². The number of carbonyl (C=O) groups is 1. The van der Waals surface area contributed by atoms with E-state index in [0.29, 0.717) is 28.5 Å². The number of benzene rings is 2. The van der Waals surface area contributed by atoms with Gasteiger partial charge in [-0.1, -0.05) is 0 Å². The monoisotopic (exact) mass is 612 g/mol. The van der Waals surface area contributed by atoms with E-state index in [9.17, 15) is 13.2 Å². The van der Waals surface area contributed by atoms with Crippen molar-refractivity contribution in [1.29, 1.82) is 0 Å². The summed E-state index contributed by atoms with van der Waals surface area (Å²) < 4.78 is 45.3. The summed E-state index contributed by atoms with van der Waals surface area (Å²) in [6.45, 7) is 1.43. The zero-order valence-electron chi connectivity index (χ0n) is 19.4. The minimum Gasteiger partial charge on any atom is -0.497 e. The first-order chi connectivity index (χ1) is 16.7. The molecule has 0 radical (unpaired) electrons. The van der Waals surface area contributed by atoms with Gasteiger partial charge in [-0.05, 0) is 77.2 Å². The van der Waals surface area contributed by atoms with Crippen LogP contribution in [0.1, 0.15) is 12.5 Å². The van der Waals surface area contributed by atoms with E-state index < -0.39 is 10.1 Å². The van der Waals surface area contributed by atoms with Crippen LogP contribution in [0.2, 0.25) is 0 Å². The molecule has 11 heteroatoms. The molecule has 0 aliphatic rings. The maximum Gasteiger partial charge on any atom is 0.264 e. The molecule has 0 aliphatic carbocycles. The molecule has 9 nitrogen and oxygen atoms in total. The lowest BCUT2D eigenvalue weighted by atomic mass is 10.1. The first kappa shape index (κ1) is 26.7. The van der Waals surface area contributed by atoms with E-state index in [0.717, 1.165) is 9.83 Å². The zero-order valence-corrected chi connectivity index (χ0v) is 22.4. The molecule has 0 atom stereocenters. The van der Waals surface area contributed by atoms with Crippen LogP contribution in [-0.2, 0) is 25.6 Å². The molecular formula is C24H25IN2O7S. The summed E-state index contributed by atoms with van der Waals surface area (Å²) in [7, 11) is -2.03. The Hall–Kier alpha value is -2.90. The third-order valence-corrected chi connectivity index (χ3v) is 6.00. The van der Waals surface area contributed by atoms with Crippen molar-refractivity contribution < 1.29 is 31.6 Å². The molecule has 0 saturated carbocycles. The van der Waals surface area contributed by atoms with Gasteiger partial charge in [0.2, 0.25) is 11.8 Å². The van der Waals surface area contributed by atoms with Crippen molar-refractivity contribution >= 4 is 44.3 Å². The van der Waals surface area contributed by atoms with E-state index in [-0.39, 0.29) is 31.5 Å². The van der Waals surface area contributed by atoms with E-state index in [2.05, 4.69) is 27.6 Å². The second-order valence-electron chi connectivity index (χ2n) is 7.34. The van der Waals surface area contributed by atoms with Crippen LogP contribution in [0, 0.1) is 3.57 Å². The van der Waals surface area contributed by atoms with Gasteiger partial charge in [0.25, 0.3) is 10.1 Å². The SMILES string of the molecule is COc1ccc(OCCOS(C)(=O)=O)c(CN(C(C)=O)c2cccnc2Oc2ccc(I)cc2)c1. The lowest BCUT2D eigenvalue weighted by Crippen LogP contribution is -2.28. The predicted octanol–water partition coefficient (Wildman–Crippen LogP) is 4.40. The smallest absolute Gasteiger partial charge is 0.264 e. The lowest BCUT2D eigenvalue weighted by Gasteiger charge is -2.24. The Morgan fingerprint density at radius 2 is 1.77 bits per heavy atom. The maximum atomic E-state index is 12.7. The number of hydrogen-bond acceptors (Lipinski definition) is 8. The minimum atomic E-state index is -3.57. The van der Waals surface area contributed by atoms with E-state index in [1.807, 2.05) is 24.3 Å². The summed E-state index contributed by atoms with van der Waals surface area (Å²) in [5.41, 5.74) is 1.12. The van der Waals surface area contributed by atoms with Gasteiger partial charge in [0.1, 0.15) is 36.1 Å². The van der Waals surface area contributed by atoms with Gasteiger partial charge in [0.15, 0.2) is 0 Å². The molecule has 1 amide bonds. The number of nitrogens with zero attached hydrogens (tertiary/aromatic N) is 2. The summed E-state index contributed by atoms with van der Waals surface area (Å²) in [6.07, 6.45) is 2.56. The number of halogens is 1. The van der Waals surface area contributed by atoms with Gasteiger partial charge < -0.3 is 19.1 Å². The average Bonchev–Trinajstić information content (AvgIpc) is 2.82. The highest BCUT2D eigenvalue weighted by atomic mass is 127. The van der Waals surface area contributed by atoms with Crippen molar-refractivity contribution in [2.45, 2.75) is 13.5 Å². The van der Waals surface area contributed by atoms with Crippen molar-refractivity contribution in [3.05, 3.63) is 69.9 Å². The second kappa shape index (κ2) is 12.2. The van der Waals surface area contributed by atoms with Crippen molar-refractivity contribution in [2.24, 2.45) is 0 Å². The highest BCUT2D eigenvalue weighted by molar-refractivity contribution is 14.1. The van der Waals surface area contributed by atoms with Crippen LogP contribution in [0.15, 0.2) is 60.8 Å². The molecular weight excluding hydrogens is 587 g/mol. The Bertz CT molecular complexity index is 1270. The largest absolute Gasteiger partial charge is 0.497 e. The van der Waals surface area contributed by atoms with Crippen LogP contribution in [0.5, 0.6) is 23.1 Å². The molecule has 0 unspecified atom stereocenters. The first-order valence-electron chi connectivity index (χ1n) is 10.5. The van der Waals surface area contributed by atoms with Gasteiger partial charge in [-0.15, -0.1) is 0 Å². The molecule has 0 fully saturated rings. The van der Waals surface area contributed by atoms with Crippen LogP contribution in [0.4, 0.5) is 5.69 Å². The third-order valence-electron chi connectivity index (χ3n) is 4.68. The Labute approximate surface area is 218 Å². The van der Waals surface area contributed by atoms with E-state index in [1.54, 1.807) is 36.5 Å². The van der Waals surface area contributed by atoms with Gasteiger partial charge in [-0.3, -0.25) is 8.98 Å². The quantitative estimate of drug-likeness (QED) is 0.179. The van der Waals surface area contributed by atoms with Crippen molar-refractivity contribution in [1.82, 2.24) is 4.98 Å². The summed E-state index contributed by atoms with van der Waals surface area (Å²) in [6, 6.07) is 16.1. The Morgan fingerprint density at radius 3 is 2.43 bits per heavy atom. The number of hydrogen-bond donors (Lipinski definition) is 0. The minimum absolute atomic E-state index is 0.000526. The molecule has 3 aromatic rings. The van der Waals surface area contributed by atoms with E-state index >= 15 is 0 Å². The molecule has 0 bridgehead atoms. The zero-order chi connectivity index (χ0) is 25.4. The maximum absolute atomic E-state index is 12.7. The number of rotatable bonds is 11. The molecule has 1 heterocycles. The molecule has 2 aromatic carbocycles. The fraction of sp³-hybridized carbons (Fsp3) is 0.250. The fourth-order valence-corrected chi connectivity index (χ4v) is 3.83. The predicted molar refractivity (Wildman–Crippen MR) is 140 cm³/mol. The topological polar surface area (TPSA) is 104 Å². The average molecular weight is 612 g/mol. The highest BCUT2D eigenvalue weighted by Gasteiger charge is 2.21.